The largest absolute Gasteiger partial charge is 0.490 e. The number of nitrogens with one attached hydrogen (secondary N) is 1. The predicted molar refractivity (Wildman–Crippen MR) is 96.6 cm³/mol. The van der Waals surface area contributed by atoms with Crippen LogP contribution in [0.1, 0.15) is 32.1 Å². The Balaban J connectivity index is 1.47. The number of nitrogens with zero attached hydrogens (tertiary/aromatic N) is 2. The molecule has 0 bridgehead atoms. The van der Waals surface area contributed by atoms with Gasteiger partial charge in [-0.25, -0.2) is 0 Å². The normalized spacial score (nSPS) is 19.7. The lowest BCUT2D eigenvalue weighted by Crippen LogP contribution is -2.40. The molecule has 0 aliphatic carbocycles. The molecule has 25 heavy (non-hydrogen) atoms. The van der Waals surface area contributed by atoms with Gasteiger partial charge in [0.1, 0.15) is 11.9 Å². The van der Waals surface area contributed by atoms with E-state index < -0.39 is 0 Å². The van der Waals surface area contributed by atoms with E-state index in [1.165, 1.54) is 0 Å². The minimum absolute atomic E-state index is 0.0725. The van der Waals surface area contributed by atoms with Crippen molar-refractivity contribution in [2.75, 3.05) is 38.5 Å². The van der Waals surface area contributed by atoms with Crippen LogP contribution in [0.2, 0.25) is 0 Å². The van der Waals surface area contributed by atoms with Crippen molar-refractivity contribution in [1.29, 1.82) is 0 Å². The number of carbonyl (C=O) groups excluding carboxylic acids is 2. The zero-order chi connectivity index (χ0) is 17.6. The van der Waals surface area contributed by atoms with Gasteiger partial charge in [-0.2, -0.15) is 0 Å². The molecule has 1 aromatic rings. The number of benzene rings is 1. The molecular weight excluding hydrogens is 318 g/mol. The lowest BCUT2D eigenvalue weighted by atomic mass is 10.1. The van der Waals surface area contributed by atoms with Crippen LogP contribution in [0.15, 0.2) is 24.3 Å². The van der Waals surface area contributed by atoms with Crippen LogP contribution in [0.25, 0.3) is 0 Å². The molecule has 0 saturated carbocycles. The number of ether oxygens (including phenoxy) is 1. The highest BCUT2D eigenvalue weighted by Crippen LogP contribution is 2.21. The van der Waals surface area contributed by atoms with Crippen molar-refractivity contribution in [3.8, 4) is 5.75 Å². The van der Waals surface area contributed by atoms with E-state index in [0.717, 1.165) is 50.2 Å². The van der Waals surface area contributed by atoms with Crippen molar-refractivity contribution in [1.82, 2.24) is 9.80 Å². The molecule has 2 fully saturated rings. The van der Waals surface area contributed by atoms with Gasteiger partial charge in [-0.3, -0.25) is 9.59 Å². The lowest BCUT2D eigenvalue weighted by Gasteiger charge is -2.29. The fourth-order valence-corrected chi connectivity index (χ4v) is 3.31. The molecule has 2 amide bonds. The number of anilines is 1. The third kappa shape index (κ3) is 5.19. The first-order valence-electron chi connectivity index (χ1n) is 9.13. The monoisotopic (exact) mass is 345 g/mol. The molecule has 6 nitrogen and oxygen atoms in total. The van der Waals surface area contributed by atoms with Crippen LogP contribution >= 0.6 is 0 Å². The van der Waals surface area contributed by atoms with Crippen molar-refractivity contribution in [2.24, 2.45) is 0 Å². The minimum atomic E-state index is -0.153. The Morgan fingerprint density at radius 2 is 1.88 bits per heavy atom. The standard InChI is InChI=1S/C19H27N3O3/c1-21-12-9-17(10-13-21)25-16-7-5-15(6-8-16)20-18(23)14-22-11-3-2-4-19(22)24/h5-8,17H,2-4,9-14H2,1H3,(H,20,23). The van der Waals surface area contributed by atoms with Gasteiger partial charge in [0, 0.05) is 31.7 Å². The van der Waals surface area contributed by atoms with Crippen molar-refractivity contribution in [3.63, 3.8) is 0 Å². The molecule has 0 spiro atoms. The van der Waals surface area contributed by atoms with E-state index >= 15 is 0 Å². The fourth-order valence-electron chi connectivity index (χ4n) is 3.31. The summed E-state index contributed by atoms with van der Waals surface area (Å²) in [6.45, 7) is 2.93. The molecule has 0 aromatic heterocycles. The molecular formula is C19H27N3O3. The maximum absolute atomic E-state index is 12.1. The van der Waals surface area contributed by atoms with Crippen LogP contribution < -0.4 is 10.1 Å². The molecule has 0 radical (unpaired) electrons. The van der Waals surface area contributed by atoms with Crippen molar-refractivity contribution < 1.29 is 14.3 Å². The zero-order valence-corrected chi connectivity index (χ0v) is 14.9. The molecule has 1 N–H and O–H groups in total. The smallest absolute Gasteiger partial charge is 0.243 e. The third-order valence-corrected chi connectivity index (χ3v) is 4.86. The van der Waals surface area contributed by atoms with E-state index in [0.29, 0.717) is 13.0 Å². The average Bonchev–Trinajstić information content (AvgIpc) is 2.61. The molecule has 136 valence electrons. The fraction of sp³-hybridized carbons (Fsp3) is 0.579. The van der Waals surface area contributed by atoms with Crippen molar-refractivity contribution in [3.05, 3.63) is 24.3 Å². The maximum atomic E-state index is 12.1. The molecule has 6 heteroatoms. The Morgan fingerprint density at radius 1 is 1.16 bits per heavy atom. The summed E-state index contributed by atoms with van der Waals surface area (Å²) >= 11 is 0. The average molecular weight is 345 g/mol. The molecule has 2 aliphatic rings. The Hall–Kier alpha value is -2.08. The van der Waals surface area contributed by atoms with Crippen LogP contribution in [-0.2, 0) is 9.59 Å². The van der Waals surface area contributed by atoms with Gasteiger partial charge < -0.3 is 19.9 Å². The van der Waals surface area contributed by atoms with Gasteiger partial charge in [0.2, 0.25) is 11.8 Å². The highest BCUT2D eigenvalue weighted by Gasteiger charge is 2.20. The van der Waals surface area contributed by atoms with E-state index in [9.17, 15) is 9.59 Å². The number of amides is 2. The van der Waals surface area contributed by atoms with E-state index in [2.05, 4.69) is 17.3 Å². The van der Waals surface area contributed by atoms with Gasteiger partial charge in [0.05, 0.1) is 6.54 Å². The molecule has 1 aromatic carbocycles. The quantitative estimate of drug-likeness (QED) is 0.888. The molecule has 2 aliphatic heterocycles. The van der Waals surface area contributed by atoms with Crippen LogP contribution in [0.3, 0.4) is 0 Å². The van der Waals surface area contributed by atoms with Crippen molar-refractivity contribution in [2.45, 2.75) is 38.2 Å². The van der Waals surface area contributed by atoms with Gasteiger partial charge in [-0.1, -0.05) is 0 Å². The molecule has 2 heterocycles. The van der Waals surface area contributed by atoms with Gasteiger partial charge >= 0.3 is 0 Å². The molecule has 0 unspecified atom stereocenters. The van der Waals surface area contributed by atoms with Gasteiger partial charge in [0.15, 0.2) is 0 Å². The SMILES string of the molecule is CN1CCC(Oc2ccc(NC(=O)CN3CCCCC3=O)cc2)CC1. The Bertz CT molecular complexity index is 594. The van der Waals surface area contributed by atoms with E-state index in [1.54, 1.807) is 4.90 Å². The number of piperidine rings is 2. The summed E-state index contributed by atoms with van der Waals surface area (Å²) in [7, 11) is 2.13. The van der Waals surface area contributed by atoms with Gasteiger partial charge in [0.25, 0.3) is 0 Å². The molecule has 2 saturated heterocycles. The summed E-state index contributed by atoms with van der Waals surface area (Å²) in [5.74, 6) is 0.751. The first-order valence-corrected chi connectivity index (χ1v) is 9.13. The number of hydrogen-bond donors (Lipinski definition) is 1. The zero-order valence-electron chi connectivity index (χ0n) is 14.9. The second kappa shape index (κ2) is 8.34. The van der Waals surface area contributed by atoms with Crippen molar-refractivity contribution >= 4 is 17.5 Å². The number of likely N-dealkylation sites (tertiary alicyclic amines) is 2. The number of hydrogen-bond acceptors (Lipinski definition) is 4. The van der Waals surface area contributed by atoms with Crippen LogP contribution in [0.4, 0.5) is 5.69 Å². The number of carbonyl (C=O) groups is 2. The third-order valence-electron chi connectivity index (χ3n) is 4.86. The van der Waals surface area contributed by atoms with Crippen LogP contribution in [0, 0.1) is 0 Å². The van der Waals surface area contributed by atoms with E-state index in [-0.39, 0.29) is 24.5 Å². The van der Waals surface area contributed by atoms with E-state index in [1.807, 2.05) is 24.3 Å². The molecule has 3 rings (SSSR count). The highest BCUT2D eigenvalue weighted by molar-refractivity contribution is 5.94. The summed E-state index contributed by atoms with van der Waals surface area (Å²) in [4.78, 5) is 27.8. The van der Waals surface area contributed by atoms with E-state index in [4.69, 9.17) is 4.74 Å². The summed E-state index contributed by atoms with van der Waals surface area (Å²) in [6.07, 6.45) is 4.80. The second-order valence-electron chi connectivity index (χ2n) is 6.97. The minimum Gasteiger partial charge on any atom is -0.490 e. The maximum Gasteiger partial charge on any atom is 0.243 e. The first-order chi connectivity index (χ1) is 12.1. The Morgan fingerprint density at radius 3 is 2.56 bits per heavy atom. The lowest BCUT2D eigenvalue weighted by molar-refractivity contribution is -0.136. The summed E-state index contributed by atoms with van der Waals surface area (Å²) in [5, 5.41) is 2.85. The summed E-state index contributed by atoms with van der Waals surface area (Å²) in [6, 6.07) is 7.47. The first kappa shape index (κ1) is 17.7. The summed E-state index contributed by atoms with van der Waals surface area (Å²) < 4.78 is 6.01. The van der Waals surface area contributed by atoms with Gasteiger partial charge in [-0.15, -0.1) is 0 Å². The summed E-state index contributed by atoms with van der Waals surface area (Å²) in [5.41, 5.74) is 0.727. The Labute approximate surface area is 149 Å². The molecule has 0 atom stereocenters. The van der Waals surface area contributed by atoms with Crippen LogP contribution in [-0.4, -0.2) is 60.9 Å². The van der Waals surface area contributed by atoms with Gasteiger partial charge in [-0.05, 0) is 57.0 Å². The highest BCUT2D eigenvalue weighted by atomic mass is 16.5. The Kier molecular flexibility index (Phi) is 5.91. The number of rotatable bonds is 5. The topological polar surface area (TPSA) is 61.9 Å². The second-order valence-corrected chi connectivity index (χ2v) is 6.97. The van der Waals surface area contributed by atoms with Crippen LogP contribution in [0.5, 0.6) is 5.75 Å². The predicted octanol–water partition coefficient (Wildman–Crippen LogP) is 2.11.